The fourth-order valence-electron chi connectivity index (χ4n) is 2.72. The Kier molecular flexibility index (Phi) is 7.58. The monoisotopic (exact) mass is 406 g/mol. The largest absolute Gasteiger partial charge is 0.493 e. The first-order chi connectivity index (χ1) is 13.7. The van der Waals surface area contributed by atoms with E-state index in [1.54, 1.807) is 24.4 Å². The molecule has 0 spiro atoms. The van der Waals surface area contributed by atoms with Crippen LogP contribution in [0.4, 0.5) is 0 Å². The van der Waals surface area contributed by atoms with Gasteiger partial charge in [-0.25, -0.2) is 0 Å². The van der Waals surface area contributed by atoms with Gasteiger partial charge in [-0.05, 0) is 48.8 Å². The third-order valence-corrected chi connectivity index (χ3v) is 4.74. The number of hydrogen-bond acceptors (Lipinski definition) is 7. The van der Waals surface area contributed by atoms with Crippen molar-refractivity contribution in [2.45, 2.75) is 12.8 Å². The van der Waals surface area contributed by atoms with Crippen molar-refractivity contribution in [3.63, 3.8) is 0 Å². The van der Waals surface area contributed by atoms with Crippen LogP contribution in [-0.2, 0) is 9.53 Å². The molecule has 1 heterocycles. The molecule has 1 saturated carbocycles. The molecular formula is C19H26N4O4S. The fraction of sp³-hybridized carbons (Fsp3) is 0.526. The van der Waals surface area contributed by atoms with Gasteiger partial charge in [-0.1, -0.05) is 0 Å². The number of nitrogens with one attached hydrogen (secondary N) is 2. The molecule has 0 bridgehead atoms. The number of carbonyl (C=O) groups excluding carboxylic acids is 1. The van der Waals surface area contributed by atoms with Gasteiger partial charge in [-0.2, -0.15) is 5.10 Å². The van der Waals surface area contributed by atoms with Crippen molar-refractivity contribution in [2.24, 2.45) is 11.0 Å². The summed E-state index contributed by atoms with van der Waals surface area (Å²) < 4.78 is 16.0. The molecule has 1 aromatic carbocycles. The molecule has 1 aromatic rings. The number of benzene rings is 1. The van der Waals surface area contributed by atoms with Crippen LogP contribution in [0.2, 0.25) is 0 Å². The number of hydrogen-bond donors (Lipinski definition) is 2. The maximum absolute atomic E-state index is 11.8. The first-order valence-electron chi connectivity index (χ1n) is 9.42. The molecule has 1 aliphatic carbocycles. The summed E-state index contributed by atoms with van der Waals surface area (Å²) in [6, 6.07) is 5.27. The second-order valence-corrected chi connectivity index (χ2v) is 7.09. The van der Waals surface area contributed by atoms with Crippen molar-refractivity contribution in [3.05, 3.63) is 23.8 Å². The topological polar surface area (TPSA) is 84.4 Å². The Morgan fingerprint density at radius 2 is 2.14 bits per heavy atom. The summed E-state index contributed by atoms with van der Waals surface area (Å²) in [6.45, 7) is 5.13. The molecule has 3 rings (SSSR count). The summed E-state index contributed by atoms with van der Waals surface area (Å²) in [5, 5.41) is 7.73. The molecule has 0 radical (unpaired) electrons. The maximum Gasteiger partial charge on any atom is 0.314 e. The number of hydrazone groups is 1. The molecular weight excluding hydrogens is 380 g/mol. The summed E-state index contributed by atoms with van der Waals surface area (Å²) in [4.78, 5) is 14.1. The Hall–Kier alpha value is -2.23. The van der Waals surface area contributed by atoms with E-state index < -0.39 is 0 Å². The van der Waals surface area contributed by atoms with Crippen LogP contribution in [0.15, 0.2) is 23.3 Å². The van der Waals surface area contributed by atoms with Gasteiger partial charge >= 0.3 is 5.97 Å². The highest BCUT2D eigenvalue weighted by Crippen LogP contribution is 2.34. The highest BCUT2D eigenvalue weighted by molar-refractivity contribution is 7.80. The van der Waals surface area contributed by atoms with Gasteiger partial charge in [0.2, 0.25) is 0 Å². The number of morpholine rings is 1. The zero-order chi connectivity index (χ0) is 19.8. The SMILES string of the molecule is COc1cc(/C=N\NC(=S)NCCN2CCOCC2)ccc1OC(=O)C1CC1. The highest BCUT2D eigenvalue weighted by Gasteiger charge is 2.32. The van der Waals surface area contributed by atoms with Crippen LogP contribution in [0.5, 0.6) is 11.5 Å². The first kappa shape index (κ1) is 20.5. The minimum absolute atomic E-state index is 0.0342. The summed E-state index contributed by atoms with van der Waals surface area (Å²) in [6.07, 6.45) is 3.43. The lowest BCUT2D eigenvalue weighted by molar-refractivity contribution is -0.135. The molecule has 1 saturated heterocycles. The van der Waals surface area contributed by atoms with Crippen LogP contribution in [0.1, 0.15) is 18.4 Å². The van der Waals surface area contributed by atoms with E-state index in [0.717, 1.165) is 57.8 Å². The predicted octanol–water partition coefficient (Wildman–Crippen LogP) is 1.14. The molecule has 2 fully saturated rings. The van der Waals surface area contributed by atoms with Crippen LogP contribution in [0, 0.1) is 5.92 Å². The van der Waals surface area contributed by atoms with E-state index in [-0.39, 0.29) is 11.9 Å². The molecule has 2 aliphatic rings. The van der Waals surface area contributed by atoms with Gasteiger partial charge in [0.1, 0.15) is 0 Å². The van der Waals surface area contributed by atoms with Gasteiger partial charge in [-0.15, -0.1) is 0 Å². The van der Waals surface area contributed by atoms with Gasteiger partial charge in [0, 0.05) is 26.2 Å². The third kappa shape index (κ3) is 6.43. The third-order valence-electron chi connectivity index (χ3n) is 4.51. The lowest BCUT2D eigenvalue weighted by Gasteiger charge is -2.26. The van der Waals surface area contributed by atoms with Gasteiger partial charge < -0.3 is 19.5 Å². The van der Waals surface area contributed by atoms with E-state index >= 15 is 0 Å². The minimum Gasteiger partial charge on any atom is -0.493 e. The van der Waals surface area contributed by atoms with Crippen molar-refractivity contribution in [3.8, 4) is 11.5 Å². The van der Waals surface area contributed by atoms with Crippen LogP contribution in [0.3, 0.4) is 0 Å². The fourth-order valence-corrected chi connectivity index (χ4v) is 2.87. The Morgan fingerprint density at radius 3 is 2.86 bits per heavy atom. The highest BCUT2D eigenvalue weighted by atomic mass is 32.1. The van der Waals surface area contributed by atoms with Crippen molar-refractivity contribution in [1.82, 2.24) is 15.6 Å². The van der Waals surface area contributed by atoms with Crippen LogP contribution in [0.25, 0.3) is 0 Å². The molecule has 2 N–H and O–H groups in total. The van der Waals surface area contributed by atoms with Crippen LogP contribution >= 0.6 is 12.2 Å². The number of rotatable bonds is 8. The number of carbonyl (C=O) groups is 1. The molecule has 9 heteroatoms. The number of esters is 1. The van der Waals surface area contributed by atoms with Crippen LogP contribution < -0.4 is 20.2 Å². The molecule has 0 unspecified atom stereocenters. The van der Waals surface area contributed by atoms with E-state index in [9.17, 15) is 4.79 Å². The molecule has 1 aliphatic heterocycles. The Balaban J connectivity index is 1.42. The standard InChI is InChI=1S/C19H26N4O4S/c1-25-17-12-14(2-5-16(17)27-18(24)15-3-4-15)13-21-22-19(28)20-6-7-23-8-10-26-11-9-23/h2,5,12-13,15H,3-4,6-11H2,1H3,(H2,20,22,28)/b21-13-. The minimum atomic E-state index is -0.199. The predicted molar refractivity (Wildman–Crippen MR) is 110 cm³/mol. The van der Waals surface area contributed by atoms with Gasteiger partial charge in [0.05, 0.1) is 32.5 Å². The molecule has 0 aromatic heterocycles. The second kappa shape index (κ2) is 10.4. The van der Waals surface area contributed by atoms with Gasteiger partial charge in [0.25, 0.3) is 0 Å². The van der Waals surface area contributed by atoms with E-state index in [2.05, 4.69) is 20.7 Å². The zero-order valence-electron chi connectivity index (χ0n) is 16.0. The summed E-state index contributed by atoms with van der Waals surface area (Å²) in [5.74, 6) is 0.746. The summed E-state index contributed by atoms with van der Waals surface area (Å²) >= 11 is 5.22. The quantitative estimate of drug-likeness (QED) is 0.219. The molecule has 0 atom stereocenters. The smallest absolute Gasteiger partial charge is 0.314 e. The number of ether oxygens (including phenoxy) is 3. The zero-order valence-corrected chi connectivity index (χ0v) is 16.8. The Labute approximate surface area is 170 Å². The summed E-state index contributed by atoms with van der Waals surface area (Å²) in [5.41, 5.74) is 3.59. The van der Waals surface area contributed by atoms with Crippen molar-refractivity contribution < 1.29 is 19.0 Å². The summed E-state index contributed by atoms with van der Waals surface area (Å²) in [7, 11) is 1.54. The normalized spacial score (nSPS) is 17.3. The maximum atomic E-state index is 11.8. The van der Waals surface area contributed by atoms with Crippen molar-refractivity contribution in [1.29, 1.82) is 0 Å². The van der Waals surface area contributed by atoms with Crippen LogP contribution in [-0.4, -0.2) is 68.7 Å². The molecule has 152 valence electrons. The number of nitrogens with zero attached hydrogens (tertiary/aromatic N) is 2. The lowest BCUT2D eigenvalue weighted by Crippen LogP contribution is -2.42. The van der Waals surface area contributed by atoms with E-state index in [1.807, 2.05) is 0 Å². The van der Waals surface area contributed by atoms with E-state index in [1.165, 1.54) is 7.11 Å². The first-order valence-corrected chi connectivity index (χ1v) is 9.83. The lowest BCUT2D eigenvalue weighted by atomic mass is 10.2. The van der Waals surface area contributed by atoms with Crippen molar-refractivity contribution >= 4 is 29.5 Å². The van der Waals surface area contributed by atoms with E-state index in [0.29, 0.717) is 16.6 Å². The van der Waals surface area contributed by atoms with Crippen molar-refractivity contribution in [2.75, 3.05) is 46.5 Å². The molecule has 28 heavy (non-hydrogen) atoms. The second-order valence-electron chi connectivity index (χ2n) is 6.69. The number of thiocarbonyl (C=S) groups is 1. The number of methoxy groups -OCH3 is 1. The molecule has 0 amide bonds. The molecule has 8 nitrogen and oxygen atoms in total. The average molecular weight is 407 g/mol. The Bertz CT molecular complexity index is 718. The van der Waals surface area contributed by atoms with E-state index in [4.69, 9.17) is 26.4 Å². The van der Waals surface area contributed by atoms with Gasteiger partial charge in [0.15, 0.2) is 16.6 Å². The Morgan fingerprint density at radius 1 is 1.36 bits per heavy atom. The average Bonchev–Trinajstić information content (AvgIpc) is 3.55. The van der Waals surface area contributed by atoms with Gasteiger partial charge in [-0.3, -0.25) is 15.1 Å².